The lowest BCUT2D eigenvalue weighted by atomic mass is 9.83. The van der Waals surface area contributed by atoms with Gasteiger partial charge in [0.1, 0.15) is 0 Å². The molecule has 3 fully saturated rings. The van der Waals surface area contributed by atoms with Gasteiger partial charge in [-0.05, 0) is 44.6 Å². The number of hydrogen-bond donors (Lipinski definition) is 1. The Labute approximate surface area is 122 Å². The zero-order valence-corrected chi connectivity index (χ0v) is 13.1. The second kappa shape index (κ2) is 5.93. The van der Waals surface area contributed by atoms with Gasteiger partial charge in [0.05, 0.1) is 23.2 Å². The van der Waals surface area contributed by atoms with E-state index in [-0.39, 0.29) is 5.60 Å². The summed E-state index contributed by atoms with van der Waals surface area (Å²) in [6, 6.07) is 0. The zero-order valence-electron chi connectivity index (χ0n) is 12.3. The van der Waals surface area contributed by atoms with Gasteiger partial charge in [-0.2, -0.15) is 0 Å². The molecule has 2 saturated heterocycles. The van der Waals surface area contributed by atoms with Gasteiger partial charge in [-0.25, -0.2) is 8.42 Å². The maximum atomic E-state index is 11.4. The minimum atomic E-state index is -2.74. The molecule has 3 rings (SSSR count). The van der Waals surface area contributed by atoms with Crippen molar-refractivity contribution in [1.82, 2.24) is 5.32 Å². The molecule has 0 aromatic heterocycles. The van der Waals surface area contributed by atoms with Crippen molar-refractivity contribution in [2.45, 2.75) is 63.1 Å². The standard InChI is InChI=1S/C15H27NO3S/c17-20(18)9-5-13(12-20)10-16-11-14-4-8-15(19-14)6-2-1-3-7-15/h13-14,16H,1-12H2. The van der Waals surface area contributed by atoms with Crippen molar-refractivity contribution >= 4 is 9.84 Å². The highest BCUT2D eigenvalue weighted by atomic mass is 32.2. The highest BCUT2D eigenvalue weighted by Gasteiger charge is 2.40. The van der Waals surface area contributed by atoms with E-state index in [1.165, 1.54) is 38.5 Å². The van der Waals surface area contributed by atoms with Gasteiger partial charge in [-0.15, -0.1) is 0 Å². The van der Waals surface area contributed by atoms with E-state index in [4.69, 9.17) is 4.74 Å². The number of hydrogen-bond acceptors (Lipinski definition) is 4. The van der Waals surface area contributed by atoms with Crippen LogP contribution in [-0.2, 0) is 14.6 Å². The van der Waals surface area contributed by atoms with Gasteiger partial charge in [0, 0.05) is 6.54 Å². The van der Waals surface area contributed by atoms with Crippen molar-refractivity contribution < 1.29 is 13.2 Å². The van der Waals surface area contributed by atoms with Crippen LogP contribution in [0, 0.1) is 5.92 Å². The third-order valence-corrected chi connectivity index (χ3v) is 7.07. The Hall–Kier alpha value is -0.130. The molecule has 0 amide bonds. The minimum absolute atomic E-state index is 0.196. The largest absolute Gasteiger partial charge is 0.370 e. The second-order valence-corrected chi connectivity index (χ2v) is 9.18. The molecular formula is C15H27NO3S. The molecule has 116 valence electrons. The van der Waals surface area contributed by atoms with Crippen molar-refractivity contribution in [2.75, 3.05) is 24.6 Å². The number of sulfone groups is 1. The van der Waals surface area contributed by atoms with Crippen molar-refractivity contribution in [1.29, 1.82) is 0 Å². The molecule has 1 saturated carbocycles. The van der Waals surface area contributed by atoms with E-state index < -0.39 is 9.84 Å². The van der Waals surface area contributed by atoms with Crippen LogP contribution in [0.3, 0.4) is 0 Å². The molecule has 2 aliphatic heterocycles. The number of nitrogens with one attached hydrogen (secondary N) is 1. The molecule has 0 bridgehead atoms. The summed E-state index contributed by atoms with van der Waals surface area (Å²) in [5.41, 5.74) is 0.196. The molecule has 20 heavy (non-hydrogen) atoms. The summed E-state index contributed by atoms with van der Waals surface area (Å²) in [5.74, 6) is 1.06. The molecule has 0 radical (unpaired) electrons. The first-order valence-corrected chi connectivity index (χ1v) is 9.98. The lowest BCUT2D eigenvalue weighted by Gasteiger charge is -2.33. The average Bonchev–Trinajstić information content (AvgIpc) is 2.95. The van der Waals surface area contributed by atoms with E-state index in [0.717, 1.165) is 25.9 Å². The predicted molar refractivity (Wildman–Crippen MR) is 79.6 cm³/mol. The second-order valence-electron chi connectivity index (χ2n) is 6.95. The van der Waals surface area contributed by atoms with Gasteiger partial charge < -0.3 is 10.1 Å². The van der Waals surface area contributed by atoms with Gasteiger partial charge in [0.15, 0.2) is 9.84 Å². The maximum Gasteiger partial charge on any atom is 0.150 e. The third-order valence-electron chi connectivity index (χ3n) is 5.24. The smallest absolute Gasteiger partial charge is 0.150 e. The Morgan fingerprint density at radius 3 is 2.55 bits per heavy atom. The Morgan fingerprint density at radius 2 is 1.85 bits per heavy atom. The van der Waals surface area contributed by atoms with E-state index in [9.17, 15) is 8.42 Å². The number of rotatable bonds is 4. The molecule has 1 aliphatic carbocycles. The monoisotopic (exact) mass is 301 g/mol. The van der Waals surface area contributed by atoms with E-state index in [1.54, 1.807) is 0 Å². The van der Waals surface area contributed by atoms with Crippen LogP contribution < -0.4 is 5.32 Å². The van der Waals surface area contributed by atoms with Crippen LogP contribution in [0.2, 0.25) is 0 Å². The highest BCUT2D eigenvalue weighted by molar-refractivity contribution is 7.91. The molecule has 2 atom stereocenters. The molecule has 2 heterocycles. The van der Waals surface area contributed by atoms with E-state index in [0.29, 0.717) is 23.5 Å². The first-order valence-electron chi connectivity index (χ1n) is 8.16. The summed E-state index contributed by atoms with van der Waals surface area (Å²) in [6.45, 7) is 1.71. The van der Waals surface area contributed by atoms with Crippen LogP contribution in [0.1, 0.15) is 51.4 Å². The van der Waals surface area contributed by atoms with Crippen molar-refractivity contribution in [3.63, 3.8) is 0 Å². The van der Waals surface area contributed by atoms with E-state index >= 15 is 0 Å². The molecule has 0 aromatic carbocycles. The lowest BCUT2D eigenvalue weighted by molar-refractivity contribution is -0.0624. The van der Waals surface area contributed by atoms with Gasteiger partial charge >= 0.3 is 0 Å². The first-order chi connectivity index (χ1) is 9.57. The summed E-state index contributed by atoms with van der Waals surface area (Å²) in [5, 5.41) is 3.44. The summed E-state index contributed by atoms with van der Waals surface area (Å²) in [6.07, 6.45) is 10.0. The molecule has 1 N–H and O–H groups in total. The van der Waals surface area contributed by atoms with Crippen molar-refractivity contribution in [3.8, 4) is 0 Å². The highest BCUT2D eigenvalue weighted by Crippen LogP contribution is 2.41. The molecule has 1 spiro atoms. The lowest BCUT2D eigenvalue weighted by Crippen LogP contribution is -2.36. The van der Waals surface area contributed by atoms with Crippen LogP contribution in [0.25, 0.3) is 0 Å². The quantitative estimate of drug-likeness (QED) is 0.861. The Bertz CT molecular complexity index is 428. The number of ether oxygens (including phenoxy) is 1. The Kier molecular flexibility index (Phi) is 4.39. The summed E-state index contributed by atoms with van der Waals surface area (Å²) in [4.78, 5) is 0. The fourth-order valence-electron chi connectivity index (χ4n) is 4.08. The Morgan fingerprint density at radius 1 is 1.05 bits per heavy atom. The summed E-state index contributed by atoms with van der Waals surface area (Å²) < 4.78 is 29.1. The van der Waals surface area contributed by atoms with Gasteiger partial charge in [0.25, 0.3) is 0 Å². The van der Waals surface area contributed by atoms with Crippen LogP contribution in [0.15, 0.2) is 0 Å². The summed E-state index contributed by atoms with van der Waals surface area (Å²) >= 11 is 0. The molecule has 5 heteroatoms. The zero-order chi connectivity index (χ0) is 14.1. The van der Waals surface area contributed by atoms with Crippen LogP contribution >= 0.6 is 0 Å². The van der Waals surface area contributed by atoms with E-state index in [1.807, 2.05) is 0 Å². The van der Waals surface area contributed by atoms with Gasteiger partial charge in [0.2, 0.25) is 0 Å². The molecule has 0 aromatic rings. The van der Waals surface area contributed by atoms with Crippen LogP contribution in [0.4, 0.5) is 0 Å². The molecule has 2 unspecified atom stereocenters. The van der Waals surface area contributed by atoms with Gasteiger partial charge in [-0.3, -0.25) is 0 Å². The van der Waals surface area contributed by atoms with Crippen LogP contribution in [0.5, 0.6) is 0 Å². The Balaban J connectivity index is 1.38. The van der Waals surface area contributed by atoms with E-state index in [2.05, 4.69) is 5.32 Å². The minimum Gasteiger partial charge on any atom is -0.370 e. The van der Waals surface area contributed by atoms with Crippen LogP contribution in [-0.4, -0.2) is 44.7 Å². The normalized spacial score (nSPS) is 35.6. The van der Waals surface area contributed by atoms with Gasteiger partial charge in [-0.1, -0.05) is 19.3 Å². The summed E-state index contributed by atoms with van der Waals surface area (Å²) in [7, 11) is -2.74. The molecular weight excluding hydrogens is 274 g/mol. The first kappa shape index (κ1) is 14.8. The SMILES string of the molecule is O=S1(=O)CCC(CNCC2CCC3(CCCCC3)O2)C1. The fraction of sp³-hybridized carbons (Fsp3) is 1.00. The predicted octanol–water partition coefficient (Wildman–Crippen LogP) is 1.89. The molecule has 3 aliphatic rings. The van der Waals surface area contributed by atoms with Crippen molar-refractivity contribution in [2.24, 2.45) is 5.92 Å². The topological polar surface area (TPSA) is 55.4 Å². The third kappa shape index (κ3) is 3.55. The maximum absolute atomic E-state index is 11.4. The molecule has 4 nitrogen and oxygen atoms in total. The fourth-order valence-corrected chi connectivity index (χ4v) is 5.95. The average molecular weight is 301 g/mol. The van der Waals surface area contributed by atoms with Crippen molar-refractivity contribution in [3.05, 3.63) is 0 Å².